The largest absolute Gasteiger partial charge is 0.419 e. The highest BCUT2D eigenvalue weighted by atomic mass is 19.4. The molecule has 9 heteroatoms. The lowest BCUT2D eigenvalue weighted by atomic mass is 10.0. The number of nitrogens with two attached hydrogens (primary N) is 1. The van der Waals surface area contributed by atoms with Gasteiger partial charge in [0.05, 0.1) is 30.0 Å². The van der Waals surface area contributed by atoms with Crippen molar-refractivity contribution >= 4 is 5.82 Å². The van der Waals surface area contributed by atoms with Crippen LogP contribution in [0.25, 0.3) is 11.3 Å². The summed E-state index contributed by atoms with van der Waals surface area (Å²) in [5.41, 5.74) is 5.55. The van der Waals surface area contributed by atoms with Gasteiger partial charge in [-0.05, 0) is 30.7 Å². The van der Waals surface area contributed by atoms with Crippen molar-refractivity contribution in [1.29, 1.82) is 0 Å². The summed E-state index contributed by atoms with van der Waals surface area (Å²) in [7, 11) is 0. The molecule has 1 aliphatic heterocycles. The molecule has 4 saturated carbocycles. The monoisotopic (exact) mass is 447 g/mol. The van der Waals surface area contributed by atoms with Gasteiger partial charge >= 0.3 is 6.18 Å². The summed E-state index contributed by atoms with van der Waals surface area (Å²) < 4.78 is 48.0. The van der Waals surface area contributed by atoms with Crippen molar-refractivity contribution in [2.75, 3.05) is 32.0 Å². The van der Waals surface area contributed by atoms with Gasteiger partial charge in [0, 0.05) is 48.9 Å². The number of ether oxygens (including phenoxy) is 1. The van der Waals surface area contributed by atoms with Gasteiger partial charge in [-0.15, -0.1) is 0 Å². The fourth-order valence-corrected chi connectivity index (χ4v) is 7.05. The van der Waals surface area contributed by atoms with Crippen molar-refractivity contribution in [3.63, 3.8) is 0 Å². The van der Waals surface area contributed by atoms with Crippen LogP contribution < -0.4 is 5.73 Å². The zero-order valence-electron chi connectivity index (χ0n) is 18.3. The molecule has 2 aromatic heterocycles. The summed E-state index contributed by atoms with van der Waals surface area (Å²) in [6.07, 6.45) is 1.19. The summed E-state index contributed by atoms with van der Waals surface area (Å²) in [4.78, 5) is 11.2. The standard InChI is InChI=1S/C23H28F3N5O/c1-12(2)21-29-17(14-8-16(23(24,25)26)20(27)28-10-14)11-31(21)22-9-13-7-15(22)18(22)19(13)30-3-5-32-6-4-30/h8,10-13,15,18-19H,3-7,9H2,1-2H3,(H2,27,28)/t13?,15-,18?,19?,22-/m0/s1. The minimum Gasteiger partial charge on any atom is -0.383 e. The summed E-state index contributed by atoms with van der Waals surface area (Å²) >= 11 is 0. The van der Waals surface area contributed by atoms with Gasteiger partial charge < -0.3 is 15.0 Å². The SMILES string of the molecule is CC(C)c1nc(-c2cnc(N)c(C(F)(F)F)c2)cn1[C@@]12CC3C[C@H]1C2C3N1CCOCC1. The molecule has 0 spiro atoms. The molecule has 2 N–H and O–H groups in total. The highest BCUT2D eigenvalue weighted by molar-refractivity contribution is 5.62. The van der Waals surface area contributed by atoms with Crippen LogP contribution in [0, 0.1) is 17.8 Å². The Labute approximate surface area is 185 Å². The maximum absolute atomic E-state index is 13.4. The highest BCUT2D eigenvalue weighted by Crippen LogP contribution is 2.78. The first-order valence-corrected chi connectivity index (χ1v) is 11.5. The number of hydrogen-bond acceptors (Lipinski definition) is 5. The Bertz CT molecular complexity index is 1060. The second-order valence-corrected chi connectivity index (χ2v) is 10.1. The number of halogens is 3. The summed E-state index contributed by atoms with van der Waals surface area (Å²) in [5, 5.41) is 0. The van der Waals surface area contributed by atoms with Crippen molar-refractivity contribution in [2.24, 2.45) is 17.8 Å². The second kappa shape index (κ2) is 6.70. The molecule has 5 aliphatic rings. The first-order chi connectivity index (χ1) is 15.2. The third-order valence-electron chi connectivity index (χ3n) is 8.23. The van der Waals surface area contributed by atoms with E-state index in [1.54, 1.807) is 0 Å². The minimum absolute atomic E-state index is 0.0621. The molecule has 5 fully saturated rings. The fraction of sp³-hybridized carbons (Fsp3) is 0.652. The molecule has 4 aliphatic carbocycles. The molecule has 2 aromatic rings. The highest BCUT2D eigenvalue weighted by Gasteiger charge is 2.80. The van der Waals surface area contributed by atoms with Gasteiger partial charge in [-0.25, -0.2) is 9.97 Å². The predicted molar refractivity (Wildman–Crippen MR) is 113 cm³/mol. The van der Waals surface area contributed by atoms with Gasteiger partial charge in [0.1, 0.15) is 11.6 Å². The fourth-order valence-electron chi connectivity index (χ4n) is 7.05. The molecule has 3 unspecified atom stereocenters. The molecule has 0 amide bonds. The van der Waals surface area contributed by atoms with E-state index >= 15 is 0 Å². The lowest BCUT2D eigenvalue weighted by Crippen LogP contribution is -2.45. The van der Waals surface area contributed by atoms with Crippen molar-refractivity contribution in [2.45, 2.75) is 50.4 Å². The van der Waals surface area contributed by atoms with Gasteiger partial charge in [0.15, 0.2) is 0 Å². The van der Waals surface area contributed by atoms with Gasteiger partial charge in [0.2, 0.25) is 0 Å². The summed E-state index contributed by atoms with van der Waals surface area (Å²) in [5.74, 6) is 2.53. The Kier molecular flexibility index (Phi) is 4.28. The van der Waals surface area contributed by atoms with Gasteiger partial charge in [-0.1, -0.05) is 13.8 Å². The number of alkyl halides is 3. The molecule has 32 heavy (non-hydrogen) atoms. The summed E-state index contributed by atoms with van der Waals surface area (Å²) in [6, 6.07) is 1.66. The maximum Gasteiger partial charge on any atom is 0.419 e. The van der Waals surface area contributed by atoms with Gasteiger partial charge in [-0.2, -0.15) is 13.2 Å². The molecule has 7 rings (SSSR count). The van der Waals surface area contributed by atoms with E-state index < -0.39 is 17.6 Å². The van der Waals surface area contributed by atoms with Crippen LogP contribution in [-0.2, 0) is 16.5 Å². The van der Waals surface area contributed by atoms with Crippen molar-refractivity contribution in [3.8, 4) is 11.3 Å². The van der Waals surface area contributed by atoms with Crippen LogP contribution in [0.2, 0.25) is 0 Å². The van der Waals surface area contributed by atoms with Crippen LogP contribution in [0.1, 0.15) is 44.0 Å². The molecule has 0 radical (unpaired) electrons. The number of nitrogens with zero attached hydrogens (tertiary/aromatic N) is 4. The average molecular weight is 448 g/mol. The van der Waals surface area contributed by atoms with E-state index in [0.29, 0.717) is 35.1 Å². The number of pyridine rings is 1. The average Bonchev–Trinajstić information content (AvgIpc) is 3.29. The Morgan fingerprint density at radius 1 is 1.25 bits per heavy atom. The maximum atomic E-state index is 13.4. The topological polar surface area (TPSA) is 69.2 Å². The third kappa shape index (κ3) is 2.73. The Hall–Kier alpha value is -2.13. The first-order valence-electron chi connectivity index (χ1n) is 11.5. The van der Waals surface area contributed by atoms with Crippen molar-refractivity contribution in [3.05, 3.63) is 29.8 Å². The molecule has 6 nitrogen and oxygen atoms in total. The van der Waals surface area contributed by atoms with E-state index in [-0.39, 0.29) is 11.5 Å². The number of nitrogen functional groups attached to an aromatic ring is 1. The van der Waals surface area contributed by atoms with E-state index in [1.807, 2.05) is 6.20 Å². The number of aromatic nitrogens is 3. The van der Waals surface area contributed by atoms with Crippen LogP contribution in [0.5, 0.6) is 0 Å². The van der Waals surface area contributed by atoms with Crippen LogP contribution in [0.15, 0.2) is 18.5 Å². The molecule has 172 valence electrons. The number of anilines is 1. The molecule has 5 atom stereocenters. The molecule has 0 aromatic carbocycles. The van der Waals surface area contributed by atoms with Crippen molar-refractivity contribution < 1.29 is 17.9 Å². The van der Waals surface area contributed by atoms with E-state index in [0.717, 1.165) is 44.6 Å². The van der Waals surface area contributed by atoms with E-state index in [2.05, 4.69) is 28.3 Å². The normalized spacial score (nSPS) is 33.9. The molecule has 3 heterocycles. The number of imidazole rings is 1. The van der Waals surface area contributed by atoms with Crippen LogP contribution in [-0.4, -0.2) is 51.8 Å². The van der Waals surface area contributed by atoms with Gasteiger partial charge in [-0.3, -0.25) is 4.90 Å². The Morgan fingerprint density at radius 2 is 2.00 bits per heavy atom. The Morgan fingerprint density at radius 3 is 2.66 bits per heavy atom. The zero-order chi connectivity index (χ0) is 22.4. The minimum atomic E-state index is -4.55. The predicted octanol–water partition coefficient (Wildman–Crippen LogP) is 3.74. The zero-order valence-corrected chi connectivity index (χ0v) is 18.3. The summed E-state index contributed by atoms with van der Waals surface area (Å²) in [6.45, 7) is 7.77. The first kappa shape index (κ1) is 20.5. The number of morpholine rings is 1. The second-order valence-electron chi connectivity index (χ2n) is 10.1. The van der Waals surface area contributed by atoms with Gasteiger partial charge in [0.25, 0.3) is 0 Å². The van der Waals surface area contributed by atoms with E-state index in [9.17, 15) is 13.2 Å². The molecule has 4 bridgehead atoms. The number of hydrogen-bond donors (Lipinski definition) is 1. The van der Waals surface area contributed by atoms with Crippen LogP contribution >= 0.6 is 0 Å². The van der Waals surface area contributed by atoms with Crippen LogP contribution in [0.3, 0.4) is 0 Å². The van der Waals surface area contributed by atoms with Crippen molar-refractivity contribution in [1.82, 2.24) is 19.4 Å². The smallest absolute Gasteiger partial charge is 0.383 e. The lowest BCUT2D eigenvalue weighted by Gasteiger charge is -2.34. The van der Waals surface area contributed by atoms with Crippen LogP contribution in [0.4, 0.5) is 19.0 Å². The number of rotatable bonds is 4. The van der Waals surface area contributed by atoms with E-state index in [1.165, 1.54) is 12.6 Å². The molecular formula is C23H28F3N5O. The van der Waals surface area contributed by atoms with E-state index in [4.69, 9.17) is 15.5 Å². The molecular weight excluding hydrogens is 419 g/mol. The quantitative estimate of drug-likeness (QED) is 0.774. The Balaban J connectivity index is 1.38. The third-order valence-corrected chi connectivity index (χ3v) is 8.23. The lowest BCUT2D eigenvalue weighted by molar-refractivity contribution is -0.137. The molecule has 1 saturated heterocycles.